The number of piperidine rings is 1. The highest BCUT2D eigenvalue weighted by atomic mass is 16.5. The fraction of sp³-hybridized carbons (Fsp3) is 0.692. The minimum Gasteiger partial charge on any atom is -0.481 e. The second kappa shape index (κ2) is 6.00. The Morgan fingerprint density at radius 2 is 2.11 bits per heavy atom. The summed E-state index contributed by atoms with van der Waals surface area (Å²) >= 11 is 0. The quantitative estimate of drug-likeness (QED) is 0.882. The molecule has 1 fully saturated rings. The van der Waals surface area contributed by atoms with Crippen molar-refractivity contribution in [3.63, 3.8) is 0 Å². The summed E-state index contributed by atoms with van der Waals surface area (Å²) < 4.78 is 5.09. The van der Waals surface area contributed by atoms with Crippen LogP contribution in [0.3, 0.4) is 0 Å². The van der Waals surface area contributed by atoms with Gasteiger partial charge in [-0.25, -0.2) is 4.98 Å². The highest BCUT2D eigenvalue weighted by Gasteiger charge is 2.21. The lowest BCUT2D eigenvalue weighted by molar-refractivity contribution is 0.177. The van der Waals surface area contributed by atoms with Gasteiger partial charge in [0.05, 0.1) is 7.11 Å². The molecule has 0 saturated carbocycles. The number of methoxy groups -OCH3 is 1. The topological polar surface area (TPSA) is 50.3 Å². The summed E-state index contributed by atoms with van der Waals surface area (Å²) in [5.41, 5.74) is 0. The Balaban J connectivity index is 1.87. The minimum absolute atomic E-state index is 0.465. The number of hydrogen-bond donors (Lipinski definition) is 1. The summed E-state index contributed by atoms with van der Waals surface area (Å²) in [6, 6.07) is 2.86. The van der Waals surface area contributed by atoms with Gasteiger partial charge in [-0.1, -0.05) is 0 Å². The van der Waals surface area contributed by atoms with Crippen molar-refractivity contribution in [3.8, 4) is 5.88 Å². The molecule has 1 aliphatic heterocycles. The Morgan fingerprint density at radius 1 is 1.39 bits per heavy atom. The first-order valence-corrected chi connectivity index (χ1v) is 6.56. The molecule has 0 aromatic carbocycles. The molecule has 0 bridgehead atoms. The van der Waals surface area contributed by atoms with Crippen LogP contribution in [-0.4, -0.2) is 47.2 Å². The summed E-state index contributed by atoms with van der Waals surface area (Å²) in [5, 5.41) is 3.39. The molecule has 1 aromatic heterocycles. The second-order valence-corrected chi connectivity index (χ2v) is 4.97. The van der Waals surface area contributed by atoms with Crippen LogP contribution in [0, 0.1) is 0 Å². The van der Waals surface area contributed by atoms with Gasteiger partial charge >= 0.3 is 0 Å². The summed E-state index contributed by atoms with van der Waals surface area (Å²) in [6.45, 7) is 6.77. The van der Waals surface area contributed by atoms with Crippen LogP contribution >= 0.6 is 0 Å². The summed E-state index contributed by atoms with van der Waals surface area (Å²) in [5.74, 6) is 1.27. The maximum absolute atomic E-state index is 5.09. The number of rotatable bonds is 4. The van der Waals surface area contributed by atoms with Gasteiger partial charge in [-0.3, -0.25) is 0 Å². The first kappa shape index (κ1) is 13.1. The van der Waals surface area contributed by atoms with Gasteiger partial charge in [-0.05, 0) is 26.7 Å². The van der Waals surface area contributed by atoms with Gasteiger partial charge in [-0.15, -0.1) is 0 Å². The molecule has 100 valence electrons. The van der Waals surface area contributed by atoms with Crippen LogP contribution in [0.25, 0.3) is 0 Å². The van der Waals surface area contributed by atoms with Crippen LogP contribution in [0.2, 0.25) is 0 Å². The normalized spacial score (nSPS) is 18.0. The third-order valence-corrected chi connectivity index (χ3v) is 3.43. The summed E-state index contributed by atoms with van der Waals surface area (Å²) in [6.07, 6.45) is 3.99. The molecule has 0 atom stereocenters. The third kappa shape index (κ3) is 3.32. The predicted octanol–water partition coefficient (Wildman–Crippen LogP) is 1.77. The van der Waals surface area contributed by atoms with E-state index in [4.69, 9.17) is 4.74 Å². The molecule has 1 N–H and O–H groups in total. The van der Waals surface area contributed by atoms with E-state index in [0.717, 1.165) is 25.9 Å². The highest BCUT2D eigenvalue weighted by Crippen LogP contribution is 2.16. The van der Waals surface area contributed by atoms with Crippen LogP contribution in [-0.2, 0) is 0 Å². The molecule has 2 heterocycles. The SMILES string of the molecule is COc1ccnc(NC2CCN(C(C)C)CC2)n1. The molecule has 0 unspecified atom stereocenters. The highest BCUT2D eigenvalue weighted by molar-refractivity contribution is 5.28. The Kier molecular flexibility index (Phi) is 4.36. The Bertz CT molecular complexity index is 375. The number of nitrogens with one attached hydrogen (secondary N) is 1. The molecular weight excluding hydrogens is 228 g/mol. The maximum atomic E-state index is 5.09. The fourth-order valence-electron chi connectivity index (χ4n) is 2.27. The average molecular weight is 250 g/mol. The Labute approximate surface area is 109 Å². The summed E-state index contributed by atoms with van der Waals surface area (Å²) in [4.78, 5) is 11.0. The molecule has 0 radical (unpaired) electrons. The molecule has 2 rings (SSSR count). The fourth-order valence-corrected chi connectivity index (χ4v) is 2.27. The van der Waals surface area contributed by atoms with E-state index in [1.54, 1.807) is 19.4 Å². The Hall–Kier alpha value is -1.36. The lowest BCUT2D eigenvalue weighted by Gasteiger charge is -2.34. The van der Waals surface area contributed by atoms with Crippen LogP contribution in [0.1, 0.15) is 26.7 Å². The van der Waals surface area contributed by atoms with Crippen molar-refractivity contribution < 1.29 is 4.74 Å². The summed E-state index contributed by atoms with van der Waals surface area (Å²) in [7, 11) is 1.62. The molecule has 0 spiro atoms. The molecule has 18 heavy (non-hydrogen) atoms. The minimum atomic E-state index is 0.465. The molecule has 5 nitrogen and oxygen atoms in total. The van der Waals surface area contributed by atoms with E-state index in [1.165, 1.54) is 0 Å². The van der Waals surface area contributed by atoms with E-state index in [2.05, 4.69) is 34.0 Å². The van der Waals surface area contributed by atoms with Crippen molar-refractivity contribution in [3.05, 3.63) is 12.3 Å². The van der Waals surface area contributed by atoms with Gasteiger partial charge in [0.25, 0.3) is 0 Å². The van der Waals surface area contributed by atoms with Gasteiger partial charge in [0.1, 0.15) is 0 Å². The van der Waals surface area contributed by atoms with E-state index < -0.39 is 0 Å². The molecule has 1 aromatic rings. The van der Waals surface area contributed by atoms with Crippen LogP contribution in [0.4, 0.5) is 5.95 Å². The number of hydrogen-bond acceptors (Lipinski definition) is 5. The number of nitrogens with zero attached hydrogens (tertiary/aromatic N) is 3. The number of likely N-dealkylation sites (tertiary alicyclic amines) is 1. The number of anilines is 1. The van der Waals surface area contributed by atoms with Crippen LogP contribution < -0.4 is 10.1 Å². The van der Waals surface area contributed by atoms with E-state index in [1.807, 2.05) is 0 Å². The average Bonchev–Trinajstić information content (AvgIpc) is 2.39. The smallest absolute Gasteiger partial charge is 0.226 e. The monoisotopic (exact) mass is 250 g/mol. The standard InChI is InChI=1S/C13H22N4O/c1-10(2)17-8-5-11(6-9-17)15-13-14-7-4-12(16-13)18-3/h4,7,10-11H,5-6,8-9H2,1-3H3,(H,14,15,16). The van der Waals surface area contributed by atoms with Crippen molar-refractivity contribution in [1.82, 2.24) is 14.9 Å². The van der Waals surface area contributed by atoms with Crippen molar-refractivity contribution in [2.45, 2.75) is 38.8 Å². The zero-order valence-corrected chi connectivity index (χ0v) is 11.4. The van der Waals surface area contributed by atoms with Gasteiger partial charge < -0.3 is 15.0 Å². The zero-order valence-electron chi connectivity index (χ0n) is 11.4. The van der Waals surface area contributed by atoms with Crippen molar-refractivity contribution in [2.75, 3.05) is 25.5 Å². The first-order chi connectivity index (χ1) is 8.69. The first-order valence-electron chi connectivity index (χ1n) is 6.56. The van der Waals surface area contributed by atoms with Crippen molar-refractivity contribution >= 4 is 5.95 Å². The lowest BCUT2D eigenvalue weighted by atomic mass is 10.0. The van der Waals surface area contributed by atoms with E-state index in [9.17, 15) is 0 Å². The predicted molar refractivity (Wildman–Crippen MR) is 71.9 cm³/mol. The number of aromatic nitrogens is 2. The van der Waals surface area contributed by atoms with Crippen molar-refractivity contribution in [2.24, 2.45) is 0 Å². The van der Waals surface area contributed by atoms with Crippen molar-refractivity contribution in [1.29, 1.82) is 0 Å². The van der Waals surface area contributed by atoms with E-state index in [-0.39, 0.29) is 0 Å². The molecule has 5 heteroatoms. The third-order valence-electron chi connectivity index (χ3n) is 3.43. The van der Waals surface area contributed by atoms with E-state index >= 15 is 0 Å². The molecular formula is C13H22N4O. The second-order valence-electron chi connectivity index (χ2n) is 4.97. The van der Waals surface area contributed by atoms with Gasteiger partial charge in [0.2, 0.25) is 11.8 Å². The van der Waals surface area contributed by atoms with Gasteiger partial charge in [0, 0.05) is 37.4 Å². The molecule has 1 saturated heterocycles. The molecule has 0 amide bonds. The number of ether oxygens (including phenoxy) is 1. The molecule has 0 aliphatic carbocycles. The van der Waals surface area contributed by atoms with Crippen LogP contribution in [0.15, 0.2) is 12.3 Å². The lowest BCUT2D eigenvalue weighted by Crippen LogP contribution is -2.42. The maximum Gasteiger partial charge on any atom is 0.226 e. The largest absolute Gasteiger partial charge is 0.481 e. The Morgan fingerprint density at radius 3 is 2.72 bits per heavy atom. The van der Waals surface area contributed by atoms with E-state index in [0.29, 0.717) is 23.9 Å². The molecule has 1 aliphatic rings. The van der Waals surface area contributed by atoms with Crippen LogP contribution in [0.5, 0.6) is 5.88 Å². The zero-order chi connectivity index (χ0) is 13.0. The van der Waals surface area contributed by atoms with Gasteiger partial charge in [-0.2, -0.15) is 4.98 Å². The van der Waals surface area contributed by atoms with Gasteiger partial charge in [0.15, 0.2) is 0 Å².